The topological polar surface area (TPSA) is 20.3 Å². The van der Waals surface area contributed by atoms with Crippen LogP contribution in [0, 0.1) is 5.92 Å². The molecule has 0 spiro atoms. The molecule has 1 rings (SSSR count). The van der Waals surface area contributed by atoms with Crippen LogP contribution < -0.4 is 0 Å². The summed E-state index contributed by atoms with van der Waals surface area (Å²) in [4.78, 5) is 13.4. The Morgan fingerprint density at radius 3 is 2.75 bits per heavy atom. The van der Waals surface area contributed by atoms with Crippen molar-refractivity contribution in [3.05, 3.63) is 0 Å². The van der Waals surface area contributed by atoms with Gasteiger partial charge in [-0.15, -0.1) is 0 Å². The van der Waals surface area contributed by atoms with Gasteiger partial charge in [-0.25, -0.2) is 0 Å². The molecular weight excluding hydrogens is 150 g/mol. The summed E-state index contributed by atoms with van der Waals surface area (Å²) >= 11 is 0. The van der Waals surface area contributed by atoms with Gasteiger partial charge in [0.15, 0.2) is 0 Å². The fraction of sp³-hybridized carbons (Fsp3) is 0.900. The lowest BCUT2D eigenvalue weighted by molar-refractivity contribution is -0.127. The Balaban J connectivity index is 2.31. The number of unbranched alkanes of at least 4 members (excludes halogenated alkanes) is 1. The van der Waals surface area contributed by atoms with Crippen molar-refractivity contribution < 1.29 is 4.79 Å². The molecule has 0 saturated carbocycles. The first-order valence-corrected chi connectivity index (χ1v) is 5.05. The van der Waals surface area contributed by atoms with Gasteiger partial charge in [-0.05, 0) is 12.3 Å². The molecule has 2 nitrogen and oxygen atoms in total. The first-order valence-electron chi connectivity index (χ1n) is 5.05. The Bertz CT molecular complexity index is 156. The van der Waals surface area contributed by atoms with Crippen molar-refractivity contribution >= 4 is 5.91 Å². The Kier molecular flexibility index (Phi) is 3.57. The number of nitrogens with zero attached hydrogens (tertiary/aromatic N) is 1. The fourth-order valence-electron chi connectivity index (χ4n) is 1.69. The molecule has 0 bridgehead atoms. The van der Waals surface area contributed by atoms with Gasteiger partial charge in [-0.1, -0.05) is 26.7 Å². The third kappa shape index (κ3) is 2.23. The van der Waals surface area contributed by atoms with Crippen molar-refractivity contribution in [1.29, 1.82) is 0 Å². The van der Waals surface area contributed by atoms with Crippen LogP contribution in [-0.2, 0) is 4.79 Å². The molecule has 1 saturated heterocycles. The van der Waals surface area contributed by atoms with Crippen LogP contribution in [-0.4, -0.2) is 23.9 Å². The summed E-state index contributed by atoms with van der Waals surface area (Å²) in [5, 5.41) is 0. The molecule has 1 amide bonds. The van der Waals surface area contributed by atoms with Crippen molar-refractivity contribution in [3.63, 3.8) is 0 Å². The number of hydrogen-bond donors (Lipinski definition) is 0. The largest absolute Gasteiger partial charge is 0.342 e. The molecule has 1 heterocycles. The highest BCUT2D eigenvalue weighted by atomic mass is 16.2. The Hall–Kier alpha value is -0.530. The molecule has 1 atom stereocenters. The molecule has 70 valence electrons. The molecule has 1 aliphatic heterocycles. The lowest BCUT2D eigenvalue weighted by Gasteiger charge is -2.15. The molecule has 0 aromatic rings. The van der Waals surface area contributed by atoms with Crippen molar-refractivity contribution in [1.82, 2.24) is 4.90 Å². The van der Waals surface area contributed by atoms with E-state index in [1.165, 1.54) is 6.42 Å². The molecule has 1 fully saturated rings. The minimum Gasteiger partial charge on any atom is -0.342 e. The van der Waals surface area contributed by atoms with Crippen molar-refractivity contribution in [2.75, 3.05) is 13.1 Å². The molecular formula is C10H19NO. The lowest BCUT2D eigenvalue weighted by atomic mass is 10.1. The average molecular weight is 169 g/mol. The zero-order chi connectivity index (χ0) is 8.97. The lowest BCUT2D eigenvalue weighted by Crippen LogP contribution is -2.26. The Morgan fingerprint density at radius 1 is 1.50 bits per heavy atom. The van der Waals surface area contributed by atoms with E-state index in [0.717, 1.165) is 32.4 Å². The molecule has 0 radical (unpaired) electrons. The maximum atomic E-state index is 11.4. The second-order valence-electron chi connectivity index (χ2n) is 3.67. The van der Waals surface area contributed by atoms with Crippen LogP contribution in [0.2, 0.25) is 0 Å². The summed E-state index contributed by atoms with van der Waals surface area (Å²) in [6.07, 6.45) is 4.28. The van der Waals surface area contributed by atoms with E-state index in [-0.39, 0.29) is 0 Å². The minimum absolute atomic E-state index is 0.371. The Morgan fingerprint density at radius 2 is 2.25 bits per heavy atom. The highest BCUT2D eigenvalue weighted by molar-refractivity contribution is 5.78. The van der Waals surface area contributed by atoms with Gasteiger partial charge in [0.2, 0.25) is 5.91 Å². The van der Waals surface area contributed by atoms with E-state index >= 15 is 0 Å². The number of rotatable bonds is 4. The van der Waals surface area contributed by atoms with E-state index in [9.17, 15) is 4.79 Å². The van der Waals surface area contributed by atoms with Crippen molar-refractivity contribution in [3.8, 4) is 0 Å². The van der Waals surface area contributed by atoms with E-state index < -0.39 is 0 Å². The third-order valence-electron chi connectivity index (χ3n) is 2.65. The van der Waals surface area contributed by atoms with Crippen LogP contribution in [0.25, 0.3) is 0 Å². The smallest absolute Gasteiger partial charge is 0.222 e. The number of amides is 1. The van der Waals surface area contributed by atoms with Crippen LogP contribution in [0.4, 0.5) is 0 Å². The first kappa shape index (κ1) is 9.56. The summed E-state index contributed by atoms with van der Waals surface area (Å²) < 4.78 is 0. The summed E-state index contributed by atoms with van der Waals surface area (Å²) in [7, 11) is 0. The predicted molar refractivity (Wildman–Crippen MR) is 49.9 cm³/mol. The highest BCUT2D eigenvalue weighted by Gasteiger charge is 2.27. The second-order valence-corrected chi connectivity index (χ2v) is 3.67. The van der Waals surface area contributed by atoms with Crippen molar-refractivity contribution in [2.24, 2.45) is 5.92 Å². The average Bonchev–Trinajstić information content (AvgIpc) is 2.43. The second kappa shape index (κ2) is 4.48. The minimum atomic E-state index is 0.371. The SMILES string of the molecule is CCCCN1CC(CC)CC1=O. The van der Waals surface area contributed by atoms with Gasteiger partial charge in [0.25, 0.3) is 0 Å². The molecule has 2 heteroatoms. The standard InChI is InChI=1S/C10H19NO/c1-3-5-6-11-8-9(4-2)7-10(11)12/h9H,3-8H2,1-2H3. The van der Waals surface area contributed by atoms with Crippen LogP contribution >= 0.6 is 0 Å². The molecule has 1 aliphatic rings. The monoisotopic (exact) mass is 169 g/mol. The fourth-order valence-corrected chi connectivity index (χ4v) is 1.69. The number of likely N-dealkylation sites (tertiary alicyclic amines) is 1. The maximum Gasteiger partial charge on any atom is 0.222 e. The molecule has 12 heavy (non-hydrogen) atoms. The van der Waals surface area contributed by atoms with Crippen LogP contribution in [0.5, 0.6) is 0 Å². The van der Waals surface area contributed by atoms with Crippen LogP contribution in [0.15, 0.2) is 0 Å². The summed E-state index contributed by atoms with van der Waals surface area (Å²) in [5.74, 6) is 1.00. The van der Waals surface area contributed by atoms with Gasteiger partial charge < -0.3 is 4.90 Å². The number of hydrogen-bond acceptors (Lipinski definition) is 1. The van der Waals surface area contributed by atoms with Gasteiger partial charge in [-0.3, -0.25) is 4.79 Å². The molecule has 0 aromatic carbocycles. The quantitative estimate of drug-likeness (QED) is 0.630. The van der Waals surface area contributed by atoms with E-state index in [2.05, 4.69) is 13.8 Å². The van der Waals surface area contributed by atoms with Gasteiger partial charge in [0.05, 0.1) is 0 Å². The molecule has 0 aliphatic carbocycles. The van der Waals surface area contributed by atoms with Gasteiger partial charge in [0, 0.05) is 19.5 Å². The zero-order valence-corrected chi connectivity index (χ0v) is 8.18. The van der Waals surface area contributed by atoms with E-state index in [0.29, 0.717) is 11.8 Å². The first-order chi connectivity index (χ1) is 5.77. The van der Waals surface area contributed by atoms with Crippen LogP contribution in [0.1, 0.15) is 39.5 Å². The van der Waals surface area contributed by atoms with Crippen molar-refractivity contribution in [2.45, 2.75) is 39.5 Å². The summed E-state index contributed by atoms with van der Waals surface area (Å²) in [5.41, 5.74) is 0. The molecule has 0 N–H and O–H groups in total. The normalized spacial score (nSPS) is 23.7. The summed E-state index contributed by atoms with van der Waals surface area (Å²) in [6.45, 7) is 6.32. The van der Waals surface area contributed by atoms with Gasteiger partial charge in [-0.2, -0.15) is 0 Å². The van der Waals surface area contributed by atoms with Gasteiger partial charge in [0.1, 0.15) is 0 Å². The Labute approximate surface area is 74.9 Å². The van der Waals surface area contributed by atoms with Gasteiger partial charge >= 0.3 is 0 Å². The zero-order valence-electron chi connectivity index (χ0n) is 8.18. The maximum absolute atomic E-state index is 11.4. The van der Waals surface area contributed by atoms with E-state index in [4.69, 9.17) is 0 Å². The van der Waals surface area contributed by atoms with Crippen LogP contribution in [0.3, 0.4) is 0 Å². The number of carbonyl (C=O) groups is 1. The van der Waals surface area contributed by atoms with E-state index in [1.54, 1.807) is 0 Å². The summed E-state index contributed by atoms with van der Waals surface area (Å²) in [6, 6.07) is 0. The third-order valence-corrected chi connectivity index (χ3v) is 2.65. The molecule has 1 unspecified atom stereocenters. The highest BCUT2D eigenvalue weighted by Crippen LogP contribution is 2.20. The molecule has 0 aromatic heterocycles. The number of carbonyl (C=O) groups excluding carboxylic acids is 1. The van der Waals surface area contributed by atoms with E-state index in [1.807, 2.05) is 4.90 Å². The predicted octanol–water partition coefficient (Wildman–Crippen LogP) is 2.04.